The number of hydrogen-bond acceptors (Lipinski definition) is 3. The Morgan fingerprint density at radius 3 is 2.69 bits per heavy atom. The number of amides is 2. The summed E-state index contributed by atoms with van der Waals surface area (Å²) in [6.07, 6.45) is 3.26. The van der Waals surface area contributed by atoms with Gasteiger partial charge in [0.2, 0.25) is 0 Å². The Bertz CT molecular complexity index is 238. The van der Waals surface area contributed by atoms with E-state index in [1.54, 1.807) is 0 Å². The molecule has 0 aliphatic carbocycles. The zero-order valence-corrected chi connectivity index (χ0v) is 9.82. The van der Waals surface area contributed by atoms with Crippen molar-refractivity contribution in [2.45, 2.75) is 25.3 Å². The van der Waals surface area contributed by atoms with Gasteiger partial charge < -0.3 is 20.9 Å². The predicted octanol–water partition coefficient (Wildman–Crippen LogP) is -0.175. The van der Waals surface area contributed by atoms with Crippen LogP contribution in [0.15, 0.2) is 0 Å². The molecule has 2 aliphatic heterocycles. The fourth-order valence-electron chi connectivity index (χ4n) is 2.63. The highest BCUT2D eigenvalue weighted by atomic mass is 16.2. The lowest BCUT2D eigenvalue weighted by molar-refractivity contribution is 0.113. The summed E-state index contributed by atoms with van der Waals surface area (Å²) >= 11 is 0. The fraction of sp³-hybridized carbons (Fsp3) is 0.909. The minimum absolute atomic E-state index is 0.128. The quantitative estimate of drug-likeness (QED) is 0.702. The van der Waals surface area contributed by atoms with Gasteiger partial charge in [-0.3, -0.25) is 0 Å². The van der Waals surface area contributed by atoms with Crippen molar-refractivity contribution in [3.8, 4) is 0 Å². The largest absolute Gasteiger partial charge is 0.338 e. The molecule has 2 amide bonds. The predicted molar refractivity (Wildman–Crippen MR) is 63.2 cm³/mol. The Hall–Kier alpha value is -0.810. The summed E-state index contributed by atoms with van der Waals surface area (Å²) in [4.78, 5) is 16.1. The second kappa shape index (κ2) is 5.50. The fourth-order valence-corrected chi connectivity index (χ4v) is 2.63. The van der Waals surface area contributed by atoms with Gasteiger partial charge in [-0.25, -0.2) is 4.79 Å². The van der Waals surface area contributed by atoms with Crippen LogP contribution in [0.5, 0.6) is 0 Å². The van der Waals surface area contributed by atoms with E-state index in [-0.39, 0.29) is 6.03 Å². The van der Waals surface area contributed by atoms with E-state index >= 15 is 0 Å². The number of hydrogen-bond donors (Lipinski definition) is 2. The van der Waals surface area contributed by atoms with E-state index in [4.69, 9.17) is 5.73 Å². The number of nitrogens with two attached hydrogens (primary N) is 1. The Morgan fingerprint density at radius 2 is 2.06 bits per heavy atom. The Labute approximate surface area is 96.9 Å². The molecule has 16 heavy (non-hydrogen) atoms. The van der Waals surface area contributed by atoms with Gasteiger partial charge in [0.05, 0.1) is 0 Å². The average Bonchev–Trinajstić information content (AvgIpc) is 2.31. The number of nitrogens with one attached hydrogen (secondary N) is 1. The second-order valence-electron chi connectivity index (χ2n) is 4.64. The third kappa shape index (κ3) is 2.65. The molecule has 2 aliphatic rings. The van der Waals surface area contributed by atoms with Crippen molar-refractivity contribution < 1.29 is 4.79 Å². The zero-order valence-electron chi connectivity index (χ0n) is 9.82. The molecule has 5 heteroatoms. The normalized spacial score (nSPS) is 24.6. The van der Waals surface area contributed by atoms with Crippen molar-refractivity contribution in [3.05, 3.63) is 0 Å². The maximum Gasteiger partial charge on any atom is 0.317 e. The standard InChI is InChI=1S/C11H22N4O/c12-4-9-14-7-2-10(3-8-14)15-6-1-5-13-11(15)16/h10H,1-9,12H2,(H,13,16). The molecule has 0 unspecified atom stereocenters. The van der Waals surface area contributed by atoms with Gasteiger partial charge in [0, 0.05) is 45.3 Å². The number of nitrogens with zero attached hydrogens (tertiary/aromatic N) is 2. The summed E-state index contributed by atoms with van der Waals surface area (Å²) in [5.74, 6) is 0. The maximum atomic E-state index is 11.7. The first kappa shape index (κ1) is 11.7. The number of urea groups is 1. The maximum absolute atomic E-state index is 11.7. The van der Waals surface area contributed by atoms with E-state index in [0.29, 0.717) is 6.04 Å². The molecule has 2 heterocycles. The van der Waals surface area contributed by atoms with Crippen LogP contribution in [0.2, 0.25) is 0 Å². The van der Waals surface area contributed by atoms with Gasteiger partial charge in [-0.1, -0.05) is 0 Å². The highest BCUT2D eigenvalue weighted by Crippen LogP contribution is 2.18. The first-order chi connectivity index (χ1) is 7.81. The summed E-state index contributed by atoms with van der Waals surface area (Å²) in [5.41, 5.74) is 5.54. The molecule has 0 aromatic rings. The van der Waals surface area contributed by atoms with Gasteiger partial charge in [0.15, 0.2) is 0 Å². The molecule has 2 saturated heterocycles. The SMILES string of the molecule is NCCN1CCC(N2CCCNC2=O)CC1. The molecule has 0 saturated carbocycles. The van der Waals surface area contributed by atoms with E-state index < -0.39 is 0 Å². The van der Waals surface area contributed by atoms with Gasteiger partial charge in [-0.05, 0) is 19.3 Å². The monoisotopic (exact) mass is 226 g/mol. The lowest BCUT2D eigenvalue weighted by atomic mass is 10.0. The van der Waals surface area contributed by atoms with E-state index in [1.807, 2.05) is 4.90 Å². The molecule has 2 fully saturated rings. The molecule has 0 aromatic carbocycles. The van der Waals surface area contributed by atoms with Crippen LogP contribution in [-0.2, 0) is 0 Å². The molecular formula is C11H22N4O. The van der Waals surface area contributed by atoms with Gasteiger partial charge in [0.25, 0.3) is 0 Å². The van der Waals surface area contributed by atoms with Crippen molar-refractivity contribution in [3.63, 3.8) is 0 Å². The number of likely N-dealkylation sites (tertiary alicyclic amines) is 1. The van der Waals surface area contributed by atoms with Crippen LogP contribution >= 0.6 is 0 Å². The molecular weight excluding hydrogens is 204 g/mol. The Balaban J connectivity index is 1.81. The lowest BCUT2D eigenvalue weighted by Crippen LogP contribution is -2.54. The van der Waals surface area contributed by atoms with Crippen molar-refractivity contribution in [2.75, 3.05) is 39.3 Å². The van der Waals surface area contributed by atoms with Gasteiger partial charge in [0.1, 0.15) is 0 Å². The molecule has 0 aromatic heterocycles. The number of piperidine rings is 1. The van der Waals surface area contributed by atoms with Gasteiger partial charge in [-0.2, -0.15) is 0 Å². The first-order valence-corrected chi connectivity index (χ1v) is 6.28. The number of carbonyl (C=O) groups is 1. The summed E-state index contributed by atoms with van der Waals surface area (Å²) < 4.78 is 0. The molecule has 0 atom stereocenters. The van der Waals surface area contributed by atoms with Crippen molar-refractivity contribution in [2.24, 2.45) is 5.73 Å². The highest BCUT2D eigenvalue weighted by molar-refractivity contribution is 5.75. The smallest absolute Gasteiger partial charge is 0.317 e. The first-order valence-electron chi connectivity index (χ1n) is 6.28. The van der Waals surface area contributed by atoms with Gasteiger partial charge in [-0.15, -0.1) is 0 Å². The molecule has 2 rings (SSSR count). The van der Waals surface area contributed by atoms with E-state index in [2.05, 4.69) is 10.2 Å². The van der Waals surface area contributed by atoms with Crippen molar-refractivity contribution in [1.29, 1.82) is 0 Å². The number of rotatable bonds is 3. The Morgan fingerprint density at radius 1 is 1.31 bits per heavy atom. The summed E-state index contributed by atoms with van der Waals surface area (Å²) in [5, 5.41) is 2.92. The minimum atomic E-state index is 0.128. The molecule has 0 spiro atoms. The third-order valence-corrected chi connectivity index (χ3v) is 3.56. The summed E-state index contributed by atoms with van der Waals surface area (Å²) in [7, 11) is 0. The molecule has 0 radical (unpaired) electrons. The molecule has 3 N–H and O–H groups in total. The summed E-state index contributed by atoms with van der Waals surface area (Å²) in [6, 6.07) is 0.567. The number of carbonyl (C=O) groups excluding carboxylic acids is 1. The lowest BCUT2D eigenvalue weighted by Gasteiger charge is -2.40. The third-order valence-electron chi connectivity index (χ3n) is 3.56. The van der Waals surface area contributed by atoms with Gasteiger partial charge >= 0.3 is 6.03 Å². The highest BCUT2D eigenvalue weighted by Gasteiger charge is 2.28. The van der Waals surface area contributed by atoms with Crippen LogP contribution in [0.25, 0.3) is 0 Å². The second-order valence-corrected chi connectivity index (χ2v) is 4.64. The molecule has 5 nitrogen and oxygen atoms in total. The minimum Gasteiger partial charge on any atom is -0.338 e. The van der Waals surface area contributed by atoms with Crippen LogP contribution in [-0.4, -0.2) is 61.1 Å². The van der Waals surface area contributed by atoms with Crippen molar-refractivity contribution >= 4 is 6.03 Å². The van der Waals surface area contributed by atoms with E-state index in [9.17, 15) is 4.79 Å². The topological polar surface area (TPSA) is 61.6 Å². The van der Waals surface area contributed by atoms with E-state index in [1.165, 1.54) is 0 Å². The zero-order chi connectivity index (χ0) is 11.4. The van der Waals surface area contributed by atoms with Crippen molar-refractivity contribution in [1.82, 2.24) is 15.1 Å². The average molecular weight is 226 g/mol. The molecule has 0 bridgehead atoms. The molecule has 92 valence electrons. The van der Waals surface area contributed by atoms with E-state index in [0.717, 1.165) is 58.5 Å². The van der Waals surface area contributed by atoms with Crippen LogP contribution in [0.4, 0.5) is 4.79 Å². The van der Waals surface area contributed by atoms with Crippen LogP contribution in [0.3, 0.4) is 0 Å². The summed E-state index contributed by atoms with van der Waals surface area (Å²) in [6.45, 7) is 5.62. The Kier molecular flexibility index (Phi) is 4.01. The van der Waals surface area contributed by atoms with Crippen LogP contribution < -0.4 is 11.1 Å². The van der Waals surface area contributed by atoms with Crippen LogP contribution in [0, 0.1) is 0 Å². The van der Waals surface area contributed by atoms with Crippen LogP contribution in [0.1, 0.15) is 19.3 Å².